The Bertz CT molecular complexity index is 633. The van der Waals surface area contributed by atoms with Crippen LogP contribution >= 0.6 is 11.6 Å². The molecule has 1 N–H and O–H groups in total. The van der Waals surface area contributed by atoms with Crippen LogP contribution in [0.1, 0.15) is 16.8 Å². The van der Waals surface area contributed by atoms with Crippen molar-refractivity contribution in [2.75, 3.05) is 18.6 Å². The van der Waals surface area contributed by atoms with Crippen molar-refractivity contribution in [1.82, 2.24) is 0 Å². The maximum Gasteiger partial charge on any atom is 0.339 e. The molecule has 0 bridgehead atoms. The SMILES string of the molecule is COC(=O)C1CC(=O)N(c2c(F)ccc(Cl)c2C(=O)O)C1. The molecule has 21 heavy (non-hydrogen) atoms. The van der Waals surface area contributed by atoms with Gasteiger partial charge in [-0.15, -0.1) is 0 Å². The molecular formula is C13H11ClFNO5. The Morgan fingerprint density at radius 2 is 2.14 bits per heavy atom. The minimum absolute atomic E-state index is 0.150. The van der Waals surface area contributed by atoms with Gasteiger partial charge in [-0.05, 0) is 12.1 Å². The molecule has 0 aliphatic carbocycles. The number of carbonyl (C=O) groups is 3. The lowest BCUT2D eigenvalue weighted by Crippen LogP contribution is -2.29. The summed E-state index contributed by atoms with van der Waals surface area (Å²) in [6.07, 6.45) is -0.169. The van der Waals surface area contributed by atoms with Crippen LogP contribution in [0.2, 0.25) is 5.02 Å². The number of carboxylic acid groups (broad SMARTS) is 1. The van der Waals surface area contributed by atoms with Gasteiger partial charge in [0.15, 0.2) is 0 Å². The van der Waals surface area contributed by atoms with Gasteiger partial charge in [0.1, 0.15) is 11.4 Å². The van der Waals surface area contributed by atoms with E-state index in [1.807, 2.05) is 0 Å². The molecule has 0 aromatic heterocycles. The van der Waals surface area contributed by atoms with Crippen LogP contribution in [0.5, 0.6) is 0 Å². The molecule has 1 heterocycles. The predicted octanol–water partition coefficient (Wildman–Crippen LogP) is 1.70. The van der Waals surface area contributed by atoms with Gasteiger partial charge in [0.05, 0.1) is 23.7 Å². The Hall–Kier alpha value is -2.15. The van der Waals surface area contributed by atoms with Crippen molar-refractivity contribution in [2.45, 2.75) is 6.42 Å². The molecule has 0 saturated carbocycles. The Labute approximate surface area is 124 Å². The van der Waals surface area contributed by atoms with Crippen LogP contribution in [0.25, 0.3) is 0 Å². The summed E-state index contributed by atoms with van der Waals surface area (Å²) in [4.78, 5) is 35.6. The van der Waals surface area contributed by atoms with E-state index >= 15 is 0 Å². The molecule has 1 aliphatic rings. The van der Waals surface area contributed by atoms with Crippen LogP contribution in [0.15, 0.2) is 12.1 Å². The number of amides is 1. The maximum atomic E-state index is 14.0. The molecule has 1 amide bonds. The molecule has 0 spiro atoms. The van der Waals surface area contributed by atoms with E-state index in [4.69, 9.17) is 16.7 Å². The first kappa shape index (κ1) is 15.2. The Balaban J connectivity index is 2.48. The van der Waals surface area contributed by atoms with E-state index in [0.29, 0.717) is 0 Å². The van der Waals surface area contributed by atoms with E-state index in [0.717, 1.165) is 17.0 Å². The van der Waals surface area contributed by atoms with E-state index in [9.17, 15) is 18.8 Å². The number of anilines is 1. The summed E-state index contributed by atoms with van der Waals surface area (Å²) in [6.45, 7) is -0.150. The average molecular weight is 316 g/mol. The minimum Gasteiger partial charge on any atom is -0.478 e. The third-order valence-electron chi connectivity index (χ3n) is 3.22. The summed E-state index contributed by atoms with van der Waals surface area (Å²) in [5.41, 5.74) is -0.929. The number of hydrogen-bond acceptors (Lipinski definition) is 4. The quantitative estimate of drug-likeness (QED) is 0.858. The van der Waals surface area contributed by atoms with Crippen molar-refractivity contribution in [3.05, 3.63) is 28.5 Å². The number of ether oxygens (including phenoxy) is 1. The van der Waals surface area contributed by atoms with Gasteiger partial charge in [-0.25, -0.2) is 9.18 Å². The van der Waals surface area contributed by atoms with Gasteiger partial charge in [0.25, 0.3) is 0 Å². The second-order valence-electron chi connectivity index (χ2n) is 4.49. The molecule has 6 nitrogen and oxygen atoms in total. The summed E-state index contributed by atoms with van der Waals surface area (Å²) in [7, 11) is 1.18. The van der Waals surface area contributed by atoms with Crippen molar-refractivity contribution < 1.29 is 28.6 Å². The summed E-state index contributed by atoms with van der Waals surface area (Å²) < 4.78 is 18.5. The number of rotatable bonds is 3. The predicted molar refractivity (Wildman–Crippen MR) is 70.8 cm³/mol. The van der Waals surface area contributed by atoms with Crippen LogP contribution < -0.4 is 4.90 Å². The first-order chi connectivity index (χ1) is 9.86. The lowest BCUT2D eigenvalue weighted by Gasteiger charge is -2.20. The molecule has 8 heteroatoms. The summed E-state index contributed by atoms with van der Waals surface area (Å²) in [6, 6.07) is 2.07. The van der Waals surface area contributed by atoms with Crippen LogP contribution in [0, 0.1) is 11.7 Å². The molecule has 1 unspecified atom stereocenters. The van der Waals surface area contributed by atoms with Gasteiger partial charge in [-0.2, -0.15) is 0 Å². The normalized spacial score (nSPS) is 18.0. The standard InChI is InChI=1S/C13H11ClFNO5/c1-21-13(20)6-4-9(17)16(5-6)11-8(15)3-2-7(14)10(11)12(18)19/h2-3,6H,4-5H2,1H3,(H,18,19). The number of esters is 1. The average Bonchev–Trinajstić information content (AvgIpc) is 2.81. The third-order valence-corrected chi connectivity index (χ3v) is 3.54. The van der Waals surface area contributed by atoms with Crippen LogP contribution in [0.4, 0.5) is 10.1 Å². The number of nitrogens with zero attached hydrogens (tertiary/aromatic N) is 1. The first-order valence-corrected chi connectivity index (χ1v) is 6.34. The van der Waals surface area contributed by atoms with Crippen molar-refractivity contribution in [3.8, 4) is 0 Å². The molecular weight excluding hydrogens is 305 g/mol. The molecule has 1 fully saturated rings. The second-order valence-corrected chi connectivity index (χ2v) is 4.89. The summed E-state index contributed by atoms with van der Waals surface area (Å²) >= 11 is 5.77. The van der Waals surface area contributed by atoms with Crippen LogP contribution in [-0.4, -0.2) is 36.6 Å². The van der Waals surface area contributed by atoms with Crippen LogP contribution in [-0.2, 0) is 14.3 Å². The minimum atomic E-state index is -1.45. The van der Waals surface area contributed by atoms with E-state index in [1.54, 1.807) is 0 Å². The third kappa shape index (κ3) is 2.69. The molecule has 112 valence electrons. The first-order valence-electron chi connectivity index (χ1n) is 5.96. The zero-order valence-corrected chi connectivity index (χ0v) is 11.7. The summed E-state index contributed by atoms with van der Waals surface area (Å²) in [5.74, 6) is -4.28. The van der Waals surface area contributed by atoms with Crippen molar-refractivity contribution in [3.63, 3.8) is 0 Å². The fourth-order valence-corrected chi connectivity index (χ4v) is 2.49. The van der Waals surface area contributed by atoms with Gasteiger partial charge in [0.2, 0.25) is 5.91 Å². The number of methoxy groups -OCH3 is 1. The lowest BCUT2D eigenvalue weighted by atomic mass is 10.1. The fourth-order valence-electron chi connectivity index (χ4n) is 2.26. The van der Waals surface area contributed by atoms with Crippen molar-refractivity contribution in [2.24, 2.45) is 5.92 Å². The largest absolute Gasteiger partial charge is 0.478 e. The number of halogens is 2. The molecule has 1 aromatic carbocycles. The zero-order valence-electron chi connectivity index (χ0n) is 10.9. The van der Waals surface area contributed by atoms with Gasteiger partial charge < -0.3 is 14.7 Å². The Morgan fingerprint density at radius 1 is 1.48 bits per heavy atom. The molecule has 1 saturated heterocycles. The molecule has 1 aliphatic heterocycles. The highest BCUT2D eigenvalue weighted by molar-refractivity contribution is 6.34. The van der Waals surface area contributed by atoms with E-state index < -0.39 is 40.8 Å². The second kappa shape index (κ2) is 5.69. The molecule has 0 radical (unpaired) electrons. The Morgan fingerprint density at radius 3 is 2.71 bits per heavy atom. The van der Waals surface area contributed by atoms with E-state index in [2.05, 4.69) is 4.74 Å². The smallest absolute Gasteiger partial charge is 0.339 e. The monoisotopic (exact) mass is 315 g/mol. The molecule has 2 rings (SSSR count). The number of carbonyl (C=O) groups excluding carboxylic acids is 2. The van der Waals surface area contributed by atoms with Crippen molar-refractivity contribution >= 4 is 35.1 Å². The highest BCUT2D eigenvalue weighted by Crippen LogP contribution is 2.34. The topological polar surface area (TPSA) is 83.9 Å². The van der Waals surface area contributed by atoms with Crippen molar-refractivity contribution in [1.29, 1.82) is 0 Å². The number of aromatic carboxylic acids is 1. The van der Waals surface area contributed by atoms with Gasteiger partial charge in [-0.3, -0.25) is 9.59 Å². The lowest BCUT2D eigenvalue weighted by molar-refractivity contribution is -0.145. The highest BCUT2D eigenvalue weighted by atomic mass is 35.5. The number of hydrogen-bond donors (Lipinski definition) is 1. The van der Waals surface area contributed by atoms with E-state index in [1.165, 1.54) is 7.11 Å². The van der Waals surface area contributed by atoms with Gasteiger partial charge >= 0.3 is 11.9 Å². The van der Waals surface area contributed by atoms with Gasteiger partial charge in [-0.1, -0.05) is 11.6 Å². The van der Waals surface area contributed by atoms with Gasteiger partial charge in [0, 0.05) is 13.0 Å². The maximum absolute atomic E-state index is 14.0. The number of benzene rings is 1. The Kier molecular flexibility index (Phi) is 4.13. The van der Waals surface area contributed by atoms with E-state index in [-0.39, 0.29) is 18.0 Å². The van der Waals surface area contributed by atoms with Crippen LogP contribution in [0.3, 0.4) is 0 Å². The zero-order chi connectivity index (χ0) is 15.7. The molecule has 1 atom stereocenters. The fraction of sp³-hybridized carbons (Fsp3) is 0.308. The molecule has 1 aromatic rings. The number of carboxylic acids is 1. The summed E-state index contributed by atoms with van der Waals surface area (Å²) in [5, 5.41) is 8.97. The highest BCUT2D eigenvalue weighted by Gasteiger charge is 2.39.